The molecular formula is C13H16FN3S. The van der Waals surface area contributed by atoms with Crippen LogP contribution in [0.5, 0.6) is 0 Å². The van der Waals surface area contributed by atoms with Crippen LogP contribution in [0.3, 0.4) is 0 Å². The standard InChI is InChI=1S/C13H16FN3S/c1-3-4-10-12(8-15-2)18-13(17-10)11-6-5-9(14)7-16-11/h5-7,15H,3-4,8H2,1-2H3. The summed E-state index contributed by atoms with van der Waals surface area (Å²) in [6.07, 6.45) is 3.26. The molecule has 2 rings (SSSR count). The fourth-order valence-electron chi connectivity index (χ4n) is 1.73. The van der Waals surface area contributed by atoms with Crippen LogP contribution in [0.4, 0.5) is 4.39 Å². The number of thiazole rings is 1. The average molecular weight is 265 g/mol. The fourth-order valence-corrected chi connectivity index (χ4v) is 2.82. The van der Waals surface area contributed by atoms with Gasteiger partial charge in [0.2, 0.25) is 0 Å². The summed E-state index contributed by atoms with van der Waals surface area (Å²) in [6.45, 7) is 2.95. The molecule has 0 aliphatic carbocycles. The van der Waals surface area contributed by atoms with Crippen molar-refractivity contribution in [2.75, 3.05) is 7.05 Å². The van der Waals surface area contributed by atoms with Gasteiger partial charge in [0.15, 0.2) is 0 Å². The summed E-state index contributed by atoms with van der Waals surface area (Å²) in [7, 11) is 1.92. The van der Waals surface area contributed by atoms with Gasteiger partial charge in [-0.1, -0.05) is 13.3 Å². The van der Waals surface area contributed by atoms with Gasteiger partial charge in [0, 0.05) is 11.4 Å². The topological polar surface area (TPSA) is 37.8 Å². The summed E-state index contributed by atoms with van der Waals surface area (Å²) in [4.78, 5) is 9.92. The Hall–Kier alpha value is -1.33. The van der Waals surface area contributed by atoms with Crippen LogP contribution in [0.25, 0.3) is 10.7 Å². The van der Waals surface area contributed by atoms with Crippen molar-refractivity contribution in [3.05, 3.63) is 34.7 Å². The fraction of sp³-hybridized carbons (Fsp3) is 0.385. The van der Waals surface area contributed by atoms with Gasteiger partial charge in [-0.2, -0.15) is 0 Å². The number of nitrogens with zero attached hydrogens (tertiary/aromatic N) is 2. The molecule has 1 N–H and O–H groups in total. The zero-order chi connectivity index (χ0) is 13.0. The highest BCUT2D eigenvalue weighted by Crippen LogP contribution is 2.27. The molecule has 0 bridgehead atoms. The van der Waals surface area contributed by atoms with Gasteiger partial charge in [-0.05, 0) is 25.6 Å². The number of nitrogens with one attached hydrogen (secondary N) is 1. The van der Waals surface area contributed by atoms with Gasteiger partial charge in [-0.15, -0.1) is 11.3 Å². The predicted molar refractivity (Wildman–Crippen MR) is 72.1 cm³/mol. The van der Waals surface area contributed by atoms with E-state index in [1.807, 2.05) is 7.05 Å². The molecule has 3 nitrogen and oxygen atoms in total. The third kappa shape index (κ3) is 2.91. The molecule has 18 heavy (non-hydrogen) atoms. The zero-order valence-corrected chi connectivity index (χ0v) is 11.4. The molecule has 0 saturated heterocycles. The molecule has 2 heterocycles. The Morgan fingerprint density at radius 1 is 1.39 bits per heavy atom. The Morgan fingerprint density at radius 3 is 2.83 bits per heavy atom. The number of halogens is 1. The molecule has 0 atom stereocenters. The first-order valence-corrected chi connectivity index (χ1v) is 6.81. The van der Waals surface area contributed by atoms with Gasteiger partial charge in [0.05, 0.1) is 17.6 Å². The average Bonchev–Trinajstić information content (AvgIpc) is 2.75. The van der Waals surface area contributed by atoms with E-state index >= 15 is 0 Å². The molecule has 0 aromatic carbocycles. The Balaban J connectivity index is 2.33. The normalized spacial score (nSPS) is 10.8. The lowest BCUT2D eigenvalue weighted by molar-refractivity contribution is 0.622. The smallest absolute Gasteiger partial charge is 0.142 e. The van der Waals surface area contributed by atoms with E-state index < -0.39 is 0 Å². The monoisotopic (exact) mass is 265 g/mol. The van der Waals surface area contributed by atoms with Gasteiger partial charge in [-0.3, -0.25) is 4.98 Å². The summed E-state index contributed by atoms with van der Waals surface area (Å²) in [5.74, 6) is -0.320. The molecule has 96 valence electrons. The maximum absolute atomic E-state index is 12.8. The van der Waals surface area contributed by atoms with E-state index in [1.54, 1.807) is 17.4 Å². The maximum Gasteiger partial charge on any atom is 0.142 e. The zero-order valence-electron chi connectivity index (χ0n) is 10.5. The van der Waals surface area contributed by atoms with Gasteiger partial charge in [0.25, 0.3) is 0 Å². The molecule has 2 aromatic rings. The first-order valence-electron chi connectivity index (χ1n) is 5.99. The molecule has 0 aliphatic rings. The second kappa shape index (κ2) is 6.02. The molecule has 0 unspecified atom stereocenters. The highest BCUT2D eigenvalue weighted by Gasteiger charge is 2.12. The minimum atomic E-state index is -0.320. The van der Waals surface area contributed by atoms with Crippen LogP contribution in [-0.4, -0.2) is 17.0 Å². The van der Waals surface area contributed by atoms with E-state index in [-0.39, 0.29) is 5.82 Å². The lowest BCUT2D eigenvalue weighted by Gasteiger charge is -1.98. The first-order chi connectivity index (χ1) is 8.74. The molecule has 0 spiro atoms. The van der Waals surface area contributed by atoms with E-state index in [0.717, 1.165) is 35.8 Å². The Morgan fingerprint density at radius 2 is 2.22 bits per heavy atom. The van der Waals surface area contributed by atoms with E-state index in [0.29, 0.717) is 0 Å². The SMILES string of the molecule is CCCc1nc(-c2ccc(F)cn2)sc1CNC. The molecular weight excluding hydrogens is 249 g/mol. The van der Waals surface area contributed by atoms with E-state index in [1.165, 1.54) is 17.1 Å². The molecule has 0 saturated carbocycles. The van der Waals surface area contributed by atoms with Crippen molar-refractivity contribution in [1.82, 2.24) is 15.3 Å². The van der Waals surface area contributed by atoms with Gasteiger partial charge < -0.3 is 5.32 Å². The number of aryl methyl sites for hydroxylation is 1. The van der Waals surface area contributed by atoms with Crippen LogP contribution in [0.2, 0.25) is 0 Å². The van der Waals surface area contributed by atoms with Crippen LogP contribution in [0.15, 0.2) is 18.3 Å². The van der Waals surface area contributed by atoms with Gasteiger partial charge in [-0.25, -0.2) is 9.37 Å². The van der Waals surface area contributed by atoms with Gasteiger partial charge >= 0.3 is 0 Å². The molecule has 2 aromatic heterocycles. The van der Waals surface area contributed by atoms with Crippen molar-refractivity contribution >= 4 is 11.3 Å². The van der Waals surface area contributed by atoms with Crippen LogP contribution in [0, 0.1) is 5.82 Å². The van der Waals surface area contributed by atoms with Crippen molar-refractivity contribution in [3.63, 3.8) is 0 Å². The lowest BCUT2D eigenvalue weighted by atomic mass is 10.2. The lowest BCUT2D eigenvalue weighted by Crippen LogP contribution is -2.05. The number of hydrogen-bond donors (Lipinski definition) is 1. The summed E-state index contributed by atoms with van der Waals surface area (Å²) in [6, 6.07) is 3.09. The Kier molecular flexibility index (Phi) is 4.38. The number of aromatic nitrogens is 2. The maximum atomic E-state index is 12.8. The summed E-state index contributed by atoms with van der Waals surface area (Å²) in [5.41, 5.74) is 1.86. The Bertz CT molecular complexity index is 484. The van der Waals surface area contributed by atoms with Crippen molar-refractivity contribution < 1.29 is 4.39 Å². The van der Waals surface area contributed by atoms with E-state index in [4.69, 9.17) is 0 Å². The molecule has 0 amide bonds. The summed E-state index contributed by atoms with van der Waals surface area (Å²) < 4.78 is 12.8. The van der Waals surface area contributed by atoms with Crippen molar-refractivity contribution in [1.29, 1.82) is 0 Å². The van der Waals surface area contributed by atoms with Crippen molar-refractivity contribution in [2.24, 2.45) is 0 Å². The summed E-state index contributed by atoms with van der Waals surface area (Å²) in [5, 5.41) is 4.01. The third-order valence-corrected chi connectivity index (χ3v) is 3.67. The molecule has 0 radical (unpaired) electrons. The summed E-state index contributed by atoms with van der Waals surface area (Å²) >= 11 is 1.62. The molecule has 0 fully saturated rings. The Labute approximate surface area is 110 Å². The second-order valence-electron chi connectivity index (χ2n) is 4.03. The van der Waals surface area contributed by atoms with Crippen LogP contribution in [0.1, 0.15) is 23.9 Å². The highest BCUT2D eigenvalue weighted by molar-refractivity contribution is 7.15. The van der Waals surface area contributed by atoms with Crippen molar-refractivity contribution in [3.8, 4) is 10.7 Å². The van der Waals surface area contributed by atoms with E-state index in [2.05, 4.69) is 22.2 Å². The van der Waals surface area contributed by atoms with Crippen LogP contribution in [-0.2, 0) is 13.0 Å². The van der Waals surface area contributed by atoms with Crippen LogP contribution >= 0.6 is 11.3 Å². The second-order valence-corrected chi connectivity index (χ2v) is 5.11. The number of pyridine rings is 1. The molecule has 5 heteroatoms. The van der Waals surface area contributed by atoms with Crippen molar-refractivity contribution in [2.45, 2.75) is 26.3 Å². The minimum Gasteiger partial charge on any atom is -0.315 e. The third-order valence-electron chi connectivity index (χ3n) is 2.55. The number of hydrogen-bond acceptors (Lipinski definition) is 4. The molecule has 0 aliphatic heterocycles. The van der Waals surface area contributed by atoms with Crippen LogP contribution < -0.4 is 5.32 Å². The van der Waals surface area contributed by atoms with Gasteiger partial charge in [0.1, 0.15) is 10.8 Å². The van der Waals surface area contributed by atoms with E-state index in [9.17, 15) is 4.39 Å². The largest absolute Gasteiger partial charge is 0.315 e. The minimum absolute atomic E-state index is 0.320. The quantitative estimate of drug-likeness (QED) is 0.903. The highest BCUT2D eigenvalue weighted by atomic mass is 32.1. The predicted octanol–water partition coefficient (Wildman–Crippen LogP) is 3.02. The number of rotatable bonds is 5. The first kappa shape index (κ1) is 13.1.